The molecule has 0 radical (unpaired) electrons. The summed E-state index contributed by atoms with van der Waals surface area (Å²) in [6.07, 6.45) is 0. The SMILES string of the molecule is CC1(C)OB(c2cc3ccccc3nc2F)OC1(C)C. The van der Waals surface area contributed by atoms with Gasteiger partial charge < -0.3 is 9.31 Å². The Morgan fingerprint density at radius 3 is 2.30 bits per heavy atom. The van der Waals surface area contributed by atoms with Crippen molar-refractivity contribution < 1.29 is 13.7 Å². The van der Waals surface area contributed by atoms with Crippen LogP contribution >= 0.6 is 0 Å². The first-order valence-corrected chi connectivity index (χ1v) is 6.71. The number of para-hydroxylation sites is 1. The van der Waals surface area contributed by atoms with E-state index in [1.165, 1.54) is 0 Å². The van der Waals surface area contributed by atoms with Crippen molar-refractivity contribution in [1.82, 2.24) is 4.98 Å². The van der Waals surface area contributed by atoms with Crippen molar-refractivity contribution in [2.45, 2.75) is 38.9 Å². The van der Waals surface area contributed by atoms with Gasteiger partial charge in [0.15, 0.2) is 0 Å². The first-order valence-electron chi connectivity index (χ1n) is 6.71. The number of pyridine rings is 1. The average molecular weight is 273 g/mol. The van der Waals surface area contributed by atoms with Crippen molar-refractivity contribution >= 4 is 23.5 Å². The van der Waals surface area contributed by atoms with Gasteiger partial charge in [0.05, 0.1) is 16.7 Å². The summed E-state index contributed by atoms with van der Waals surface area (Å²) < 4.78 is 26.0. The lowest BCUT2D eigenvalue weighted by molar-refractivity contribution is 0.00578. The van der Waals surface area contributed by atoms with E-state index in [0.29, 0.717) is 11.0 Å². The fourth-order valence-corrected chi connectivity index (χ4v) is 2.24. The van der Waals surface area contributed by atoms with Gasteiger partial charge in [0.25, 0.3) is 0 Å². The Hall–Kier alpha value is -1.46. The fourth-order valence-electron chi connectivity index (χ4n) is 2.24. The van der Waals surface area contributed by atoms with Crippen molar-refractivity contribution in [2.75, 3.05) is 0 Å². The minimum Gasteiger partial charge on any atom is -0.399 e. The molecule has 1 fully saturated rings. The molecule has 1 aromatic heterocycles. The maximum atomic E-state index is 14.2. The lowest BCUT2D eigenvalue weighted by Crippen LogP contribution is -2.41. The molecule has 0 aliphatic carbocycles. The van der Waals surface area contributed by atoms with Crippen molar-refractivity contribution in [2.24, 2.45) is 0 Å². The van der Waals surface area contributed by atoms with Crippen LogP contribution in [0.2, 0.25) is 0 Å². The van der Waals surface area contributed by atoms with Crippen LogP contribution in [0.5, 0.6) is 0 Å². The molecule has 0 N–H and O–H groups in total. The summed E-state index contributed by atoms with van der Waals surface area (Å²) in [6.45, 7) is 7.78. The Morgan fingerprint density at radius 2 is 1.65 bits per heavy atom. The molecule has 1 aliphatic heterocycles. The second-order valence-electron chi connectivity index (χ2n) is 6.15. The Labute approximate surface area is 118 Å². The van der Waals surface area contributed by atoms with Gasteiger partial charge in [0.1, 0.15) is 0 Å². The molecule has 5 heteroatoms. The highest BCUT2D eigenvalue weighted by atomic mass is 19.1. The molecule has 1 aromatic carbocycles. The first-order chi connectivity index (χ1) is 9.30. The van der Waals surface area contributed by atoms with E-state index in [9.17, 15) is 4.39 Å². The largest absolute Gasteiger partial charge is 0.499 e. The molecule has 0 spiro atoms. The minimum absolute atomic E-state index is 0.349. The number of nitrogens with zero attached hydrogens (tertiary/aromatic N) is 1. The topological polar surface area (TPSA) is 31.4 Å². The molecule has 0 bridgehead atoms. The van der Waals surface area contributed by atoms with Crippen LogP contribution in [0.1, 0.15) is 27.7 Å². The molecule has 0 amide bonds. The van der Waals surface area contributed by atoms with Gasteiger partial charge in [-0.1, -0.05) is 18.2 Å². The molecule has 2 aromatic rings. The zero-order valence-corrected chi connectivity index (χ0v) is 12.1. The molecule has 3 nitrogen and oxygen atoms in total. The number of benzene rings is 1. The monoisotopic (exact) mass is 273 g/mol. The van der Waals surface area contributed by atoms with Crippen molar-refractivity contribution in [3.63, 3.8) is 0 Å². The van der Waals surface area contributed by atoms with E-state index in [2.05, 4.69) is 4.98 Å². The number of hydrogen-bond acceptors (Lipinski definition) is 3. The van der Waals surface area contributed by atoms with Crippen molar-refractivity contribution in [3.8, 4) is 0 Å². The van der Waals surface area contributed by atoms with Crippen LogP contribution in [0.4, 0.5) is 4.39 Å². The Bertz CT molecular complexity index is 656. The first kappa shape index (κ1) is 13.5. The van der Waals surface area contributed by atoms with Gasteiger partial charge in [0, 0.05) is 10.8 Å². The molecule has 1 aliphatic rings. The second kappa shape index (κ2) is 4.27. The van der Waals surface area contributed by atoms with E-state index >= 15 is 0 Å². The molecular formula is C15H17BFNO2. The summed E-state index contributed by atoms with van der Waals surface area (Å²) in [5.41, 5.74) is -0.00138. The molecule has 104 valence electrons. The lowest BCUT2D eigenvalue weighted by Gasteiger charge is -2.32. The summed E-state index contributed by atoms with van der Waals surface area (Å²) in [7, 11) is -0.725. The van der Waals surface area contributed by atoms with Crippen LogP contribution in [0.15, 0.2) is 30.3 Å². The third kappa shape index (κ3) is 2.01. The standard InChI is InChI=1S/C15H17BFNO2/c1-14(2)15(3,4)20-16(19-14)11-9-10-7-5-6-8-12(10)18-13(11)17/h5-9H,1-4H3. The van der Waals surface area contributed by atoms with E-state index in [-0.39, 0.29) is 0 Å². The third-order valence-corrected chi connectivity index (χ3v) is 4.21. The van der Waals surface area contributed by atoms with E-state index < -0.39 is 24.3 Å². The number of halogens is 1. The Kier molecular flexibility index (Phi) is 2.89. The van der Waals surface area contributed by atoms with Gasteiger partial charge in [-0.25, -0.2) is 4.98 Å². The summed E-state index contributed by atoms with van der Waals surface area (Å²) >= 11 is 0. The van der Waals surface area contributed by atoms with Crippen LogP contribution < -0.4 is 5.46 Å². The fraction of sp³-hybridized carbons (Fsp3) is 0.400. The van der Waals surface area contributed by atoms with Gasteiger partial charge >= 0.3 is 7.12 Å². The van der Waals surface area contributed by atoms with Gasteiger partial charge in [-0.15, -0.1) is 0 Å². The highest BCUT2D eigenvalue weighted by molar-refractivity contribution is 6.62. The molecule has 20 heavy (non-hydrogen) atoms. The summed E-state index contributed by atoms with van der Waals surface area (Å²) in [5, 5.41) is 0.874. The minimum atomic E-state index is -0.725. The predicted molar refractivity (Wildman–Crippen MR) is 77.4 cm³/mol. The smallest absolute Gasteiger partial charge is 0.399 e. The summed E-state index contributed by atoms with van der Waals surface area (Å²) in [4.78, 5) is 3.99. The highest BCUT2D eigenvalue weighted by Gasteiger charge is 2.52. The zero-order chi connectivity index (χ0) is 14.5. The normalized spacial score (nSPS) is 20.6. The average Bonchev–Trinajstić information content (AvgIpc) is 2.57. The van der Waals surface area contributed by atoms with E-state index in [1.807, 2.05) is 45.9 Å². The van der Waals surface area contributed by atoms with Crippen LogP contribution in [-0.4, -0.2) is 23.3 Å². The Morgan fingerprint density at radius 1 is 1.05 bits per heavy atom. The molecule has 0 unspecified atom stereocenters. The molecule has 0 saturated carbocycles. The molecule has 1 saturated heterocycles. The number of hydrogen-bond donors (Lipinski definition) is 0. The van der Waals surface area contributed by atoms with Gasteiger partial charge in [-0.05, 0) is 39.8 Å². The zero-order valence-electron chi connectivity index (χ0n) is 12.1. The van der Waals surface area contributed by atoms with Crippen molar-refractivity contribution in [1.29, 1.82) is 0 Å². The second-order valence-corrected chi connectivity index (χ2v) is 6.15. The summed E-state index contributed by atoms with van der Waals surface area (Å²) in [5.74, 6) is -0.540. The number of aromatic nitrogens is 1. The molecule has 3 rings (SSSR count). The van der Waals surface area contributed by atoms with Crippen LogP contribution in [0.3, 0.4) is 0 Å². The number of fused-ring (bicyclic) bond motifs is 1. The predicted octanol–water partition coefficient (Wildman–Crippen LogP) is 2.67. The maximum absolute atomic E-state index is 14.2. The van der Waals surface area contributed by atoms with Gasteiger partial charge in [0.2, 0.25) is 5.95 Å². The summed E-state index contributed by atoms with van der Waals surface area (Å²) in [6, 6.07) is 9.17. The third-order valence-electron chi connectivity index (χ3n) is 4.21. The maximum Gasteiger partial charge on any atom is 0.499 e. The Balaban J connectivity index is 2.05. The lowest BCUT2D eigenvalue weighted by atomic mass is 9.79. The van der Waals surface area contributed by atoms with Crippen LogP contribution in [0, 0.1) is 5.95 Å². The highest BCUT2D eigenvalue weighted by Crippen LogP contribution is 2.36. The quantitative estimate of drug-likeness (QED) is 0.591. The molecular weight excluding hydrogens is 256 g/mol. The van der Waals surface area contributed by atoms with E-state index in [1.54, 1.807) is 12.1 Å². The molecule has 0 atom stereocenters. The number of rotatable bonds is 1. The molecule has 2 heterocycles. The van der Waals surface area contributed by atoms with E-state index in [4.69, 9.17) is 9.31 Å². The van der Waals surface area contributed by atoms with Crippen LogP contribution in [-0.2, 0) is 9.31 Å². The van der Waals surface area contributed by atoms with E-state index in [0.717, 1.165) is 5.39 Å². The van der Waals surface area contributed by atoms with Crippen LogP contribution in [0.25, 0.3) is 10.9 Å². The van der Waals surface area contributed by atoms with Gasteiger partial charge in [-0.3, -0.25) is 0 Å². The van der Waals surface area contributed by atoms with Crippen molar-refractivity contribution in [3.05, 3.63) is 36.3 Å². The van der Waals surface area contributed by atoms with Gasteiger partial charge in [-0.2, -0.15) is 4.39 Å².